The van der Waals surface area contributed by atoms with Crippen molar-refractivity contribution < 1.29 is 0 Å². The fraction of sp³-hybridized carbons (Fsp3) is 0.545. The molecule has 2 rings (SSSR count). The van der Waals surface area contributed by atoms with Crippen LogP contribution in [0.4, 0.5) is 11.6 Å². The highest BCUT2D eigenvalue weighted by molar-refractivity contribution is 5.45. The second kappa shape index (κ2) is 3.86. The minimum Gasteiger partial charge on any atom is -0.384 e. The zero-order valence-electron chi connectivity index (χ0n) is 8.61. The lowest BCUT2D eigenvalue weighted by Gasteiger charge is -2.31. The van der Waals surface area contributed by atoms with Gasteiger partial charge >= 0.3 is 0 Å². The SMILES string of the molecule is CC1CCCN(c2cccc(N)n2)C1. The van der Waals surface area contributed by atoms with Gasteiger partial charge in [-0.2, -0.15) is 0 Å². The topological polar surface area (TPSA) is 42.1 Å². The van der Waals surface area contributed by atoms with Crippen LogP contribution in [0.5, 0.6) is 0 Å². The molecule has 0 spiro atoms. The Bertz CT molecular complexity index is 311. The maximum absolute atomic E-state index is 5.66. The highest BCUT2D eigenvalue weighted by atomic mass is 15.2. The molecule has 0 saturated carbocycles. The summed E-state index contributed by atoms with van der Waals surface area (Å²) in [6.45, 7) is 4.51. The standard InChI is InChI=1S/C11H17N3/c1-9-4-3-7-14(8-9)11-6-2-5-10(12)13-11/h2,5-6,9H,3-4,7-8H2,1H3,(H2,12,13). The molecule has 0 radical (unpaired) electrons. The molecule has 1 unspecified atom stereocenters. The molecule has 1 fully saturated rings. The fourth-order valence-electron chi connectivity index (χ4n) is 2.01. The first kappa shape index (κ1) is 9.31. The van der Waals surface area contributed by atoms with Crippen LogP contribution in [0.3, 0.4) is 0 Å². The molecule has 0 aromatic carbocycles. The Balaban J connectivity index is 2.14. The number of nitrogens with zero attached hydrogens (tertiary/aromatic N) is 2. The van der Waals surface area contributed by atoms with Crippen molar-refractivity contribution in [3.63, 3.8) is 0 Å². The van der Waals surface area contributed by atoms with Crippen LogP contribution in [0.2, 0.25) is 0 Å². The molecule has 1 aromatic rings. The van der Waals surface area contributed by atoms with Gasteiger partial charge in [-0.15, -0.1) is 0 Å². The van der Waals surface area contributed by atoms with Crippen molar-refractivity contribution in [2.24, 2.45) is 5.92 Å². The molecule has 1 aliphatic heterocycles. The van der Waals surface area contributed by atoms with Crippen molar-refractivity contribution in [1.82, 2.24) is 4.98 Å². The summed E-state index contributed by atoms with van der Waals surface area (Å²) in [6.07, 6.45) is 2.59. The third-order valence-corrected chi connectivity index (χ3v) is 2.74. The van der Waals surface area contributed by atoms with E-state index in [-0.39, 0.29) is 0 Å². The van der Waals surface area contributed by atoms with Gasteiger partial charge in [0.25, 0.3) is 0 Å². The van der Waals surface area contributed by atoms with E-state index in [9.17, 15) is 0 Å². The number of anilines is 2. The van der Waals surface area contributed by atoms with Gasteiger partial charge in [-0.25, -0.2) is 4.98 Å². The van der Waals surface area contributed by atoms with E-state index in [0.717, 1.165) is 24.8 Å². The Morgan fingerprint density at radius 2 is 2.36 bits per heavy atom. The van der Waals surface area contributed by atoms with E-state index in [0.29, 0.717) is 5.82 Å². The number of nitrogens with two attached hydrogens (primary N) is 1. The molecule has 1 atom stereocenters. The van der Waals surface area contributed by atoms with Crippen molar-refractivity contribution >= 4 is 11.6 Å². The molecule has 0 amide bonds. The Morgan fingerprint density at radius 1 is 1.50 bits per heavy atom. The zero-order chi connectivity index (χ0) is 9.97. The van der Waals surface area contributed by atoms with Gasteiger partial charge in [0.2, 0.25) is 0 Å². The molecule has 2 N–H and O–H groups in total. The summed E-state index contributed by atoms with van der Waals surface area (Å²) >= 11 is 0. The lowest BCUT2D eigenvalue weighted by atomic mass is 10.0. The van der Waals surface area contributed by atoms with Crippen molar-refractivity contribution in [3.05, 3.63) is 18.2 Å². The van der Waals surface area contributed by atoms with E-state index in [4.69, 9.17) is 5.73 Å². The monoisotopic (exact) mass is 191 g/mol. The van der Waals surface area contributed by atoms with E-state index in [1.807, 2.05) is 18.2 Å². The third-order valence-electron chi connectivity index (χ3n) is 2.74. The molecule has 0 bridgehead atoms. The molecule has 1 saturated heterocycles. The molecule has 2 heterocycles. The van der Waals surface area contributed by atoms with Crippen LogP contribution < -0.4 is 10.6 Å². The lowest BCUT2D eigenvalue weighted by Crippen LogP contribution is -2.34. The summed E-state index contributed by atoms with van der Waals surface area (Å²) in [5.41, 5.74) is 5.66. The van der Waals surface area contributed by atoms with Crippen LogP contribution in [-0.4, -0.2) is 18.1 Å². The Morgan fingerprint density at radius 3 is 3.07 bits per heavy atom. The first-order valence-electron chi connectivity index (χ1n) is 5.23. The van der Waals surface area contributed by atoms with Gasteiger partial charge in [-0.05, 0) is 30.9 Å². The van der Waals surface area contributed by atoms with Gasteiger partial charge in [0.1, 0.15) is 11.6 Å². The molecular weight excluding hydrogens is 174 g/mol. The summed E-state index contributed by atoms with van der Waals surface area (Å²) in [6, 6.07) is 5.84. The summed E-state index contributed by atoms with van der Waals surface area (Å²) in [4.78, 5) is 6.66. The highest BCUT2D eigenvalue weighted by Crippen LogP contribution is 2.21. The Labute approximate surface area is 84.9 Å². The molecule has 0 aliphatic carbocycles. The minimum atomic E-state index is 0.612. The second-order valence-corrected chi connectivity index (χ2v) is 4.11. The van der Waals surface area contributed by atoms with Crippen LogP contribution in [-0.2, 0) is 0 Å². The first-order valence-corrected chi connectivity index (χ1v) is 5.23. The van der Waals surface area contributed by atoms with Gasteiger partial charge in [0.15, 0.2) is 0 Å². The van der Waals surface area contributed by atoms with Crippen LogP contribution in [0, 0.1) is 5.92 Å². The highest BCUT2D eigenvalue weighted by Gasteiger charge is 2.17. The number of rotatable bonds is 1. The molecule has 3 nitrogen and oxygen atoms in total. The molecular formula is C11H17N3. The van der Waals surface area contributed by atoms with E-state index in [2.05, 4.69) is 16.8 Å². The van der Waals surface area contributed by atoms with E-state index in [1.165, 1.54) is 12.8 Å². The number of pyridine rings is 1. The average Bonchev–Trinajstić information content (AvgIpc) is 2.18. The first-order chi connectivity index (χ1) is 6.75. The largest absolute Gasteiger partial charge is 0.384 e. The molecule has 1 aliphatic rings. The number of piperidine rings is 1. The maximum atomic E-state index is 5.66. The summed E-state index contributed by atoms with van der Waals surface area (Å²) in [5, 5.41) is 0. The number of nitrogen functional groups attached to an aromatic ring is 1. The minimum absolute atomic E-state index is 0.612. The van der Waals surface area contributed by atoms with Gasteiger partial charge < -0.3 is 10.6 Å². The quantitative estimate of drug-likeness (QED) is 0.737. The Kier molecular flexibility index (Phi) is 2.57. The maximum Gasteiger partial charge on any atom is 0.130 e. The van der Waals surface area contributed by atoms with Gasteiger partial charge in [-0.3, -0.25) is 0 Å². The lowest BCUT2D eigenvalue weighted by molar-refractivity contribution is 0.444. The van der Waals surface area contributed by atoms with E-state index >= 15 is 0 Å². The molecule has 14 heavy (non-hydrogen) atoms. The Hall–Kier alpha value is -1.25. The number of aromatic nitrogens is 1. The number of hydrogen-bond acceptors (Lipinski definition) is 3. The predicted octanol–water partition coefficient (Wildman–Crippen LogP) is 1.90. The van der Waals surface area contributed by atoms with Gasteiger partial charge in [0, 0.05) is 13.1 Å². The number of hydrogen-bond donors (Lipinski definition) is 1. The smallest absolute Gasteiger partial charge is 0.130 e. The molecule has 76 valence electrons. The van der Waals surface area contributed by atoms with Crippen molar-refractivity contribution in [1.29, 1.82) is 0 Å². The third kappa shape index (κ3) is 1.97. The summed E-state index contributed by atoms with van der Waals surface area (Å²) < 4.78 is 0. The second-order valence-electron chi connectivity index (χ2n) is 4.11. The van der Waals surface area contributed by atoms with Crippen LogP contribution in [0.1, 0.15) is 19.8 Å². The molecule has 1 aromatic heterocycles. The average molecular weight is 191 g/mol. The van der Waals surface area contributed by atoms with Gasteiger partial charge in [0.05, 0.1) is 0 Å². The normalized spacial score (nSPS) is 22.4. The summed E-state index contributed by atoms with van der Waals surface area (Å²) in [5.74, 6) is 2.41. The van der Waals surface area contributed by atoms with Crippen molar-refractivity contribution in [2.75, 3.05) is 23.7 Å². The van der Waals surface area contributed by atoms with E-state index in [1.54, 1.807) is 0 Å². The van der Waals surface area contributed by atoms with Gasteiger partial charge in [-0.1, -0.05) is 13.0 Å². The van der Waals surface area contributed by atoms with Crippen LogP contribution in [0.15, 0.2) is 18.2 Å². The van der Waals surface area contributed by atoms with Crippen LogP contribution in [0.25, 0.3) is 0 Å². The summed E-state index contributed by atoms with van der Waals surface area (Å²) in [7, 11) is 0. The fourth-order valence-corrected chi connectivity index (χ4v) is 2.01. The van der Waals surface area contributed by atoms with Crippen LogP contribution >= 0.6 is 0 Å². The van der Waals surface area contributed by atoms with E-state index < -0.39 is 0 Å². The molecule has 3 heteroatoms. The predicted molar refractivity (Wildman–Crippen MR) is 59.3 cm³/mol. The van der Waals surface area contributed by atoms with Crippen molar-refractivity contribution in [2.45, 2.75) is 19.8 Å². The van der Waals surface area contributed by atoms with Crippen molar-refractivity contribution in [3.8, 4) is 0 Å². The zero-order valence-corrected chi connectivity index (χ0v) is 8.61.